The number of rotatable bonds is 6. The van der Waals surface area contributed by atoms with Crippen molar-refractivity contribution in [1.82, 2.24) is 5.32 Å². The Bertz CT molecular complexity index is 991. The smallest absolute Gasteiger partial charge is 0.241 e. The van der Waals surface area contributed by atoms with Gasteiger partial charge >= 0.3 is 0 Å². The second-order valence-corrected chi connectivity index (χ2v) is 6.85. The van der Waals surface area contributed by atoms with Gasteiger partial charge < -0.3 is 5.32 Å². The van der Waals surface area contributed by atoms with Crippen LogP contribution in [0.15, 0.2) is 66.7 Å². The zero-order valence-corrected chi connectivity index (χ0v) is 16.0. The molecule has 0 spiro atoms. The van der Waals surface area contributed by atoms with E-state index in [0.29, 0.717) is 0 Å². The van der Waals surface area contributed by atoms with Gasteiger partial charge in [-0.15, -0.1) is 0 Å². The zero-order chi connectivity index (χ0) is 21.0. The third-order valence-corrected chi connectivity index (χ3v) is 4.65. The molecule has 6 heteroatoms. The van der Waals surface area contributed by atoms with Crippen molar-refractivity contribution >= 4 is 11.6 Å². The molecule has 29 heavy (non-hydrogen) atoms. The molecule has 0 aliphatic carbocycles. The maximum Gasteiger partial charge on any atom is 0.241 e. The van der Waals surface area contributed by atoms with E-state index in [9.17, 15) is 18.0 Å². The zero-order valence-electron chi connectivity index (χ0n) is 16.0. The lowest BCUT2D eigenvalue weighted by atomic mass is 9.97. The van der Waals surface area contributed by atoms with E-state index in [0.717, 1.165) is 28.8 Å². The van der Waals surface area contributed by atoms with Crippen molar-refractivity contribution in [3.8, 4) is 0 Å². The van der Waals surface area contributed by atoms with Gasteiger partial charge in [0.1, 0.15) is 0 Å². The highest BCUT2D eigenvalue weighted by molar-refractivity contribution is 5.94. The lowest BCUT2D eigenvalue weighted by Gasteiger charge is -2.24. The van der Waals surface area contributed by atoms with Crippen LogP contribution in [0.25, 0.3) is 0 Å². The minimum Gasteiger partial charge on any atom is -0.322 e. The Morgan fingerprint density at radius 3 is 2.10 bits per heavy atom. The minimum absolute atomic E-state index is 0.285. The SMILES string of the molecule is Cc1ccc([C@H](N[C@H](C)C(=O)Nc2ccc(F)c(F)c2F)c2ccccc2)cc1. The molecule has 0 aliphatic rings. The highest BCUT2D eigenvalue weighted by atomic mass is 19.2. The third-order valence-electron chi connectivity index (χ3n) is 4.65. The first-order valence-corrected chi connectivity index (χ1v) is 9.18. The molecule has 0 unspecified atom stereocenters. The van der Waals surface area contributed by atoms with Crippen LogP contribution in [0.3, 0.4) is 0 Å². The van der Waals surface area contributed by atoms with Gasteiger partial charge in [-0.2, -0.15) is 0 Å². The standard InChI is InChI=1S/C23H21F3N2O/c1-14-8-10-17(11-9-14)22(16-6-4-3-5-7-16)27-15(2)23(29)28-19-13-12-18(24)20(25)21(19)26/h3-13,15,22,27H,1-2H3,(H,28,29)/t15-,22-/m1/s1. The van der Waals surface area contributed by atoms with E-state index in [1.807, 2.05) is 61.5 Å². The van der Waals surface area contributed by atoms with E-state index < -0.39 is 35.1 Å². The Kier molecular flexibility index (Phi) is 6.34. The van der Waals surface area contributed by atoms with Gasteiger partial charge in [0.05, 0.1) is 17.8 Å². The Labute approximate surface area is 167 Å². The lowest BCUT2D eigenvalue weighted by Crippen LogP contribution is -2.40. The van der Waals surface area contributed by atoms with Crippen molar-refractivity contribution in [1.29, 1.82) is 0 Å². The van der Waals surface area contributed by atoms with Crippen LogP contribution in [0.5, 0.6) is 0 Å². The summed E-state index contributed by atoms with van der Waals surface area (Å²) >= 11 is 0. The largest absolute Gasteiger partial charge is 0.322 e. The van der Waals surface area contributed by atoms with Crippen molar-refractivity contribution in [2.24, 2.45) is 0 Å². The molecule has 3 rings (SSSR count). The van der Waals surface area contributed by atoms with Crippen LogP contribution in [0.1, 0.15) is 29.7 Å². The van der Waals surface area contributed by atoms with Crippen LogP contribution >= 0.6 is 0 Å². The van der Waals surface area contributed by atoms with E-state index in [-0.39, 0.29) is 6.04 Å². The van der Waals surface area contributed by atoms with Crippen molar-refractivity contribution in [2.45, 2.75) is 25.9 Å². The van der Waals surface area contributed by atoms with E-state index in [4.69, 9.17) is 0 Å². The van der Waals surface area contributed by atoms with Gasteiger partial charge in [0.2, 0.25) is 5.91 Å². The highest BCUT2D eigenvalue weighted by Crippen LogP contribution is 2.24. The molecule has 0 radical (unpaired) electrons. The van der Waals surface area contributed by atoms with Gasteiger partial charge in [-0.1, -0.05) is 60.2 Å². The quantitative estimate of drug-likeness (QED) is 0.566. The predicted octanol–water partition coefficient (Wildman–Crippen LogP) is 5.12. The molecular weight excluding hydrogens is 377 g/mol. The average Bonchev–Trinajstić information content (AvgIpc) is 2.73. The fraction of sp³-hybridized carbons (Fsp3) is 0.174. The molecule has 0 fully saturated rings. The number of hydrogen-bond acceptors (Lipinski definition) is 2. The number of carbonyl (C=O) groups is 1. The molecule has 3 aromatic carbocycles. The number of anilines is 1. The highest BCUT2D eigenvalue weighted by Gasteiger charge is 2.22. The van der Waals surface area contributed by atoms with Crippen LogP contribution in [0, 0.1) is 24.4 Å². The molecule has 0 heterocycles. The molecule has 2 N–H and O–H groups in total. The van der Waals surface area contributed by atoms with Gasteiger partial charge in [0.25, 0.3) is 0 Å². The number of hydrogen-bond donors (Lipinski definition) is 2. The monoisotopic (exact) mass is 398 g/mol. The molecule has 1 amide bonds. The first-order chi connectivity index (χ1) is 13.9. The maximum absolute atomic E-state index is 13.9. The van der Waals surface area contributed by atoms with Crippen molar-refractivity contribution in [3.63, 3.8) is 0 Å². The second kappa shape index (κ2) is 8.92. The van der Waals surface area contributed by atoms with Crippen LogP contribution in [-0.4, -0.2) is 11.9 Å². The molecule has 0 saturated carbocycles. The van der Waals surface area contributed by atoms with E-state index in [1.54, 1.807) is 6.92 Å². The number of benzene rings is 3. The van der Waals surface area contributed by atoms with Gasteiger partial charge in [-0.25, -0.2) is 13.2 Å². The molecule has 0 saturated heterocycles. The summed E-state index contributed by atoms with van der Waals surface area (Å²) in [6, 6.07) is 18.2. The summed E-state index contributed by atoms with van der Waals surface area (Å²) in [5, 5.41) is 5.54. The Morgan fingerprint density at radius 1 is 0.828 bits per heavy atom. The summed E-state index contributed by atoms with van der Waals surface area (Å²) in [4.78, 5) is 12.6. The van der Waals surface area contributed by atoms with Crippen LogP contribution in [-0.2, 0) is 4.79 Å². The van der Waals surface area contributed by atoms with Gasteiger partial charge in [0, 0.05) is 0 Å². The third kappa shape index (κ3) is 4.84. The Hall–Kier alpha value is -3.12. The lowest BCUT2D eigenvalue weighted by molar-refractivity contribution is -0.117. The molecule has 3 aromatic rings. The molecule has 0 aliphatic heterocycles. The minimum atomic E-state index is -1.62. The van der Waals surface area contributed by atoms with Crippen molar-refractivity contribution in [3.05, 3.63) is 101 Å². The topological polar surface area (TPSA) is 41.1 Å². The molecule has 3 nitrogen and oxygen atoms in total. The average molecular weight is 398 g/mol. The van der Waals surface area contributed by atoms with Gasteiger partial charge in [-0.05, 0) is 37.1 Å². The predicted molar refractivity (Wildman–Crippen MR) is 107 cm³/mol. The molecule has 0 bridgehead atoms. The summed E-state index contributed by atoms with van der Waals surface area (Å²) in [6.45, 7) is 3.61. The molecule has 150 valence electrons. The van der Waals surface area contributed by atoms with Crippen molar-refractivity contribution < 1.29 is 18.0 Å². The normalized spacial score (nSPS) is 13.0. The van der Waals surface area contributed by atoms with E-state index in [2.05, 4.69) is 10.6 Å². The molecular formula is C23H21F3N2O. The van der Waals surface area contributed by atoms with Crippen LogP contribution in [0.2, 0.25) is 0 Å². The number of aryl methyl sites for hydroxylation is 1. The van der Waals surface area contributed by atoms with Crippen molar-refractivity contribution in [2.75, 3.05) is 5.32 Å². The summed E-state index contributed by atoms with van der Waals surface area (Å²) in [5.41, 5.74) is 2.62. The second-order valence-electron chi connectivity index (χ2n) is 6.85. The number of carbonyl (C=O) groups excluding carboxylic acids is 1. The Morgan fingerprint density at radius 2 is 1.45 bits per heavy atom. The Balaban J connectivity index is 1.81. The summed E-state index contributed by atoms with van der Waals surface area (Å²) < 4.78 is 40.4. The number of amides is 1. The van der Waals surface area contributed by atoms with Crippen LogP contribution in [0.4, 0.5) is 18.9 Å². The molecule has 0 aromatic heterocycles. The van der Waals surface area contributed by atoms with Gasteiger partial charge in [-0.3, -0.25) is 10.1 Å². The maximum atomic E-state index is 13.9. The summed E-state index contributed by atoms with van der Waals surface area (Å²) in [5.74, 6) is -4.92. The molecule has 2 atom stereocenters. The number of halogens is 3. The van der Waals surface area contributed by atoms with E-state index in [1.165, 1.54) is 0 Å². The first kappa shape index (κ1) is 20.6. The fourth-order valence-electron chi connectivity index (χ4n) is 2.98. The van der Waals surface area contributed by atoms with Crippen LogP contribution < -0.4 is 10.6 Å². The first-order valence-electron chi connectivity index (χ1n) is 9.18. The van der Waals surface area contributed by atoms with Gasteiger partial charge in [0.15, 0.2) is 17.5 Å². The van der Waals surface area contributed by atoms with E-state index >= 15 is 0 Å². The number of nitrogens with one attached hydrogen (secondary N) is 2. The summed E-state index contributed by atoms with van der Waals surface area (Å²) in [7, 11) is 0. The fourth-order valence-corrected chi connectivity index (χ4v) is 2.98. The summed E-state index contributed by atoms with van der Waals surface area (Å²) in [6.07, 6.45) is 0.